The van der Waals surface area contributed by atoms with Crippen LogP contribution in [0.3, 0.4) is 0 Å². The summed E-state index contributed by atoms with van der Waals surface area (Å²) < 4.78 is 28.2. The number of nitrogens with one attached hydrogen (secondary N) is 1. The van der Waals surface area contributed by atoms with E-state index in [4.69, 9.17) is 5.11 Å². The summed E-state index contributed by atoms with van der Waals surface area (Å²) in [6.45, 7) is -1.25. The summed E-state index contributed by atoms with van der Waals surface area (Å²) in [4.78, 5) is 15.1. The molecule has 2 aliphatic rings. The number of carboxylic acid groups (broad SMARTS) is 1. The zero-order valence-electron chi connectivity index (χ0n) is 11.7. The molecule has 5 nitrogen and oxygen atoms in total. The maximum atomic E-state index is 14.3. The van der Waals surface area contributed by atoms with Gasteiger partial charge in [-0.1, -0.05) is 27.7 Å². The molecule has 1 amide bonds. The fourth-order valence-electron chi connectivity index (χ4n) is 3.10. The number of alkyl halides is 1. The first-order valence-corrected chi connectivity index (χ1v) is 8.39. The molecule has 0 aromatic heterocycles. The molecule has 23 heavy (non-hydrogen) atoms. The van der Waals surface area contributed by atoms with Gasteiger partial charge in [-0.25, -0.2) is 18.6 Å². The highest BCUT2D eigenvalue weighted by atomic mass is 79.9. The largest absolute Gasteiger partial charge is 0.465 e. The number of aliphatic imine (C=N–C) groups is 1. The maximum absolute atomic E-state index is 14.3. The summed E-state index contributed by atoms with van der Waals surface area (Å²) in [6, 6.07) is 4.16. The van der Waals surface area contributed by atoms with Gasteiger partial charge in [-0.3, -0.25) is 5.32 Å². The molecule has 1 aliphatic carbocycles. The lowest BCUT2D eigenvalue weighted by molar-refractivity contribution is 0.199. The molecular weight excluding hydrogens is 394 g/mol. The van der Waals surface area contributed by atoms with Gasteiger partial charge in [-0.05, 0) is 24.6 Å². The monoisotopic (exact) mass is 406 g/mol. The normalized spacial score (nSPS) is 32.0. The molecule has 3 rings (SSSR count). The average molecular weight is 407 g/mol. The molecule has 1 aliphatic heterocycles. The van der Waals surface area contributed by atoms with Crippen LogP contribution < -0.4 is 5.32 Å². The van der Waals surface area contributed by atoms with Crippen LogP contribution in [0, 0.1) is 11.7 Å². The molecule has 1 saturated carbocycles. The fourth-order valence-corrected chi connectivity index (χ4v) is 4.85. The van der Waals surface area contributed by atoms with Crippen molar-refractivity contribution in [2.75, 3.05) is 13.3 Å². The third kappa shape index (κ3) is 2.64. The Morgan fingerprint density at radius 3 is 2.91 bits per heavy atom. The third-order valence-corrected chi connectivity index (χ3v) is 6.15. The molecule has 3 N–H and O–H groups in total. The van der Waals surface area contributed by atoms with Crippen molar-refractivity contribution in [3.8, 4) is 0 Å². The van der Waals surface area contributed by atoms with Crippen molar-refractivity contribution < 1.29 is 23.8 Å². The van der Waals surface area contributed by atoms with Crippen LogP contribution in [-0.2, 0) is 5.54 Å². The van der Waals surface area contributed by atoms with Crippen molar-refractivity contribution in [1.29, 1.82) is 0 Å². The molecule has 0 radical (unpaired) electrons. The molecule has 9 heteroatoms. The van der Waals surface area contributed by atoms with Crippen LogP contribution in [0.15, 0.2) is 27.7 Å². The van der Waals surface area contributed by atoms with E-state index in [9.17, 15) is 18.7 Å². The molecule has 3 atom stereocenters. The molecule has 1 heterocycles. The van der Waals surface area contributed by atoms with E-state index in [1.54, 1.807) is 0 Å². The van der Waals surface area contributed by atoms with Crippen molar-refractivity contribution in [1.82, 2.24) is 5.32 Å². The zero-order chi connectivity index (χ0) is 16.8. The van der Waals surface area contributed by atoms with Crippen molar-refractivity contribution in [2.24, 2.45) is 10.9 Å². The molecule has 0 bridgehead atoms. The molecule has 1 aromatic rings. The molecule has 1 fully saturated rings. The van der Waals surface area contributed by atoms with Gasteiger partial charge in [0.05, 0.1) is 11.4 Å². The van der Waals surface area contributed by atoms with Crippen molar-refractivity contribution in [3.05, 3.63) is 34.1 Å². The number of hydrogen-bond donors (Lipinski definition) is 3. The zero-order valence-corrected chi connectivity index (χ0v) is 14.1. The Morgan fingerprint density at radius 2 is 2.30 bits per heavy atom. The van der Waals surface area contributed by atoms with Crippen molar-refractivity contribution >= 4 is 39.0 Å². The summed E-state index contributed by atoms with van der Waals surface area (Å²) in [5.74, 6) is -1.02. The number of nitrogens with zero attached hydrogens (tertiary/aromatic N) is 1. The van der Waals surface area contributed by atoms with Gasteiger partial charge in [0.25, 0.3) is 0 Å². The highest BCUT2D eigenvalue weighted by Gasteiger charge is 2.68. The van der Waals surface area contributed by atoms with Gasteiger partial charge in [-0.2, -0.15) is 0 Å². The Labute approximate surface area is 143 Å². The predicted octanol–water partition coefficient (Wildman–Crippen LogP) is 2.87. The highest BCUT2D eigenvalue weighted by Crippen LogP contribution is 2.66. The number of aliphatic hydroxyl groups is 1. The first-order valence-electron chi connectivity index (χ1n) is 6.78. The van der Waals surface area contributed by atoms with E-state index in [0.29, 0.717) is 10.9 Å². The number of hydrogen-bond acceptors (Lipinski definition) is 4. The van der Waals surface area contributed by atoms with Crippen molar-refractivity contribution in [2.45, 2.75) is 16.7 Å². The van der Waals surface area contributed by atoms with Gasteiger partial charge >= 0.3 is 6.09 Å². The summed E-state index contributed by atoms with van der Waals surface area (Å²) in [5.41, 5.74) is -1.49. The number of benzene rings is 1. The number of aliphatic hydroxyl groups excluding tert-OH is 1. The lowest BCUT2D eigenvalue weighted by atomic mass is 9.85. The molecule has 124 valence electrons. The Bertz CT molecular complexity index is 705. The van der Waals surface area contributed by atoms with Crippen LogP contribution in [-0.4, -0.2) is 39.5 Å². The number of fused-ring (bicyclic) bond motifs is 1. The van der Waals surface area contributed by atoms with Crippen LogP contribution in [0.5, 0.6) is 0 Å². The minimum atomic E-state index is -1.54. The topological polar surface area (TPSA) is 81.9 Å². The Kier molecular flexibility index (Phi) is 4.14. The third-order valence-electron chi connectivity index (χ3n) is 4.28. The lowest BCUT2D eigenvalue weighted by Crippen LogP contribution is -2.43. The fraction of sp³-hybridized carbons (Fsp3) is 0.429. The summed E-state index contributed by atoms with van der Waals surface area (Å²) in [6.07, 6.45) is -0.913. The summed E-state index contributed by atoms with van der Waals surface area (Å²) >= 11 is 4.30. The Hall–Kier alpha value is -1.19. The number of halogens is 3. The van der Waals surface area contributed by atoms with E-state index in [1.165, 1.54) is 18.2 Å². The summed E-state index contributed by atoms with van der Waals surface area (Å²) in [7, 11) is 0. The minimum absolute atomic E-state index is 0.0303. The molecular formula is C14H13BrF2N2O3S. The smallest absolute Gasteiger partial charge is 0.410 e. The molecule has 0 saturated heterocycles. The second-order valence-electron chi connectivity index (χ2n) is 5.61. The minimum Gasteiger partial charge on any atom is -0.465 e. The SMILES string of the molecule is O=C(O)NC1=N[C@](CF)(c2cc(Br)ccc2F)[C@@H]2C[C@]2(CO)S1. The van der Waals surface area contributed by atoms with Gasteiger partial charge in [-0.15, -0.1) is 0 Å². The number of thioether (sulfide) groups is 1. The van der Waals surface area contributed by atoms with Gasteiger partial charge in [0.15, 0.2) is 5.17 Å². The van der Waals surface area contributed by atoms with Crippen molar-refractivity contribution in [3.63, 3.8) is 0 Å². The maximum Gasteiger partial charge on any atom is 0.410 e. The van der Waals surface area contributed by atoms with Gasteiger partial charge in [0.1, 0.15) is 18.0 Å². The van der Waals surface area contributed by atoms with Gasteiger partial charge in [0.2, 0.25) is 0 Å². The van der Waals surface area contributed by atoms with Crippen LogP contribution in [0.2, 0.25) is 0 Å². The average Bonchev–Trinajstić information content (AvgIpc) is 3.24. The van der Waals surface area contributed by atoms with Crippen LogP contribution in [0.25, 0.3) is 0 Å². The number of carbonyl (C=O) groups is 1. The van der Waals surface area contributed by atoms with E-state index < -0.39 is 34.8 Å². The van der Waals surface area contributed by atoms with E-state index in [0.717, 1.165) is 11.8 Å². The Morgan fingerprint density at radius 1 is 1.57 bits per heavy atom. The number of amides is 1. The second-order valence-corrected chi connectivity index (χ2v) is 7.93. The van der Waals surface area contributed by atoms with E-state index in [-0.39, 0.29) is 17.3 Å². The lowest BCUT2D eigenvalue weighted by Gasteiger charge is -2.35. The van der Waals surface area contributed by atoms with Crippen LogP contribution >= 0.6 is 27.7 Å². The van der Waals surface area contributed by atoms with Gasteiger partial charge < -0.3 is 10.2 Å². The first-order chi connectivity index (χ1) is 10.9. The number of amidine groups is 1. The first kappa shape index (κ1) is 16.7. The highest BCUT2D eigenvalue weighted by molar-refractivity contribution is 9.10. The van der Waals surface area contributed by atoms with Crippen LogP contribution in [0.1, 0.15) is 12.0 Å². The predicted molar refractivity (Wildman–Crippen MR) is 85.9 cm³/mol. The van der Waals surface area contributed by atoms with Crippen LogP contribution in [0.4, 0.5) is 13.6 Å². The summed E-state index contributed by atoms with van der Waals surface area (Å²) in [5, 5.41) is 20.6. The van der Waals surface area contributed by atoms with Gasteiger partial charge in [0, 0.05) is 16.0 Å². The standard InChI is InChI=1S/C14H13BrF2N2O3S/c15-7-1-2-9(17)8(3-7)14(5-16)10-4-13(10,6-20)23-11(19-14)18-12(21)22/h1-3,10,20H,4-6H2,(H,18,19)(H,21,22)/t10-,13-,14-/m1/s1. The quantitative estimate of drug-likeness (QED) is 0.720. The van der Waals surface area contributed by atoms with E-state index in [1.807, 2.05) is 0 Å². The van der Waals surface area contributed by atoms with E-state index >= 15 is 0 Å². The number of rotatable bonds is 3. The Balaban J connectivity index is 2.15. The molecule has 0 spiro atoms. The molecule has 0 unspecified atom stereocenters. The molecule has 1 aromatic carbocycles. The second kappa shape index (κ2) is 5.71. The van der Waals surface area contributed by atoms with E-state index in [2.05, 4.69) is 26.2 Å².